The van der Waals surface area contributed by atoms with Gasteiger partial charge in [-0.1, -0.05) is 18.2 Å². The van der Waals surface area contributed by atoms with E-state index in [4.69, 9.17) is 29.0 Å². The van der Waals surface area contributed by atoms with Gasteiger partial charge in [0, 0.05) is 12.0 Å². The summed E-state index contributed by atoms with van der Waals surface area (Å²) >= 11 is 0. The first-order valence-corrected chi connectivity index (χ1v) is 10.3. The van der Waals surface area contributed by atoms with Crippen molar-refractivity contribution in [2.24, 2.45) is 0 Å². The number of hydrogen-bond acceptors (Lipinski definition) is 6. The lowest BCUT2D eigenvalue weighted by Crippen LogP contribution is -2.19. The highest BCUT2D eigenvalue weighted by molar-refractivity contribution is 5.47. The van der Waals surface area contributed by atoms with Gasteiger partial charge in [0.15, 0.2) is 5.82 Å². The Morgan fingerprint density at radius 3 is 2.67 bits per heavy atom. The quantitative estimate of drug-likeness (QED) is 0.592. The summed E-state index contributed by atoms with van der Waals surface area (Å²) in [6, 6.07) is 15.4. The molecule has 0 aliphatic carbocycles. The Labute approximate surface area is 175 Å². The molecule has 2 aliphatic heterocycles. The van der Waals surface area contributed by atoms with E-state index in [0.29, 0.717) is 17.7 Å². The second-order valence-electron chi connectivity index (χ2n) is 7.65. The molecule has 2 saturated heterocycles. The minimum atomic E-state index is 0.208. The van der Waals surface area contributed by atoms with E-state index in [2.05, 4.69) is 0 Å². The highest BCUT2D eigenvalue weighted by atomic mass is 16.5. The maximum absolute atomic E-state index is 6.09. The standard InChI is InChI=1S/C23H25N3O4/c1-27-15-6-5-7-16(12-15)29-14-22-24-23(18-13-17-10-11-20(18)30-17)26(25-22)19-8-3-4-9-21(19)28-2/h3-9,12,17-18,20H,10-11,13-14H2,1-2H3/t17-,18-,20+/m0/s1. The van der Waals surface area contributed by atoms with Crippen LogP contribution in [0.1, 0.15) is 36.8 Å². The Bertz CT molecular complexity index is 1030. The van der Waals surface area contributed by atoms with Crippen molar-refractivity contribution in [3.8, 4) is 22.9 Å². The van der Waals surface area contributed by atoms with Gasteiger partial charge in [0.25, 0.3) is 0 Å². The Hall–Kier alpha value is -3.06. The molecule has 1 aromatic heterocycles. The fourth-order valence-corrected chi connectivity index (χ4v) is 4.40. The number of aromatic nitrogens is 3. The fraction of sp³-hybridized carbons (Fsp3) is 0.391. The lowest BCUT2D eigenvalue weighted by Gasteiger charge is -2.19. The highest BCUT2D eigenvalue weighted by Gasteiger charge is 2.44. The molecule has 0 unspecified atom stereocenters. The van der Waals surface area contributed by atoms with Crippen molar-refractivity contribution in [2.45, 2.75) is 44.0 Å². The molecule has 2 bridgehead atoms. The van der Waals surface area contributed by atoms with E-state index in [-0.39, 0.29) is 18.6 Å². The number of benzene rings is 2. The third kappa shape index (κ3) is 3.50. The van der Waals surface area contributed by atoms with Gasteiger partial charge >= 0.3 is 0 Å². The molecule has 2 fully saturated rings. The zero-order chi connectivity index (χ0) is 20.5. The zero-order valence-corrected chi connectivity index (χ0v) is 17.2. The van der Waals surface area contributed by atoms with Crippen molar-refractivity contribution in [1.82, 2.24) is 14.8 Å². The molecule has 0 spiro atoms. The van der Waals surface area contributed by atoms with Crippen molar-refractivity contribution in [3.63, 3.8) is 0 Å². The molecule has 156 valence electrons. The average Bonchev–Trinajstić information content (AvgIpc) is 3.53. The van der Waals surface area contributed by atoms with Crippen LogP contribution in [0.5, 0.6) is 17.2 Å². The van der Waals surface area contributed by atoms with E-state index in [1.54, 1.807) is 14.2 Å². The van der Waals surface area contributed by atoms with Crippen LogP contribution >= 0.6 is 0 Å². The molecule has 3 atom stereocenters. The minimum Gasteiger partial charge on any atom is -0.497 e. The van der Waals surface area contributed by atoms with Gasteiger partial charge in [-0.05, 0) is 43.5 Å². The van der Waals surface area contributed by atoms with Gasteiger partial charge in [-0.2, -0.15) is 0 Å². The predicted octanol–water partition coefficient (Wildman–Crippen LogP) is 3.90. The summed E-state index contributed by atoms with van der Waals surface area (Å²) in [5.41, 5.74) is 0.873. The van der Waals surface area contributed by atoms with Crippen molar-refractivity contribution in [3.05, 3.63) is 60.2 Å². The van der Waals surface area contributed by atoms with Crippen LogP contribution in [-0.2, 0) is 11.3 Å². The van der Waals surface area contributed by atoms with Crippen LogP contribution < -0.4 is 14.2 Å². The molecule has 7 nitrogen and oxygen atoms in total. The number of fused-ring (bicyclic) bond motifs is 2. The first-order chi connectivity index (χ1) is 14.7. The van der Waals surface area contributed by atoms with Gasteiger partial charge in [-0.15, -0.1) is 5.10 Å². The van der Waals surface area contributed by atoms with E-state index < -0.39 is 0 Å². The number of para-hydroxylation sites is 2. The third-order valence-electron chi connectivity index (χ3n) is 5.84. The molecule has 0 saturated carbocycles. The van der Waals surface area contributed by atoms with E-state index in [9.17, 15) is 0 Å². The van der Waals surface area contributed by atoms with Crippen LogP contribution in [0.2, 0.25) is 0 Å². The van der Waals surface area contributed by atoms with Crippen molar-refractivity contribution in [2.75, 3.05) is 14.2 Å². The number of rotatable bonds is 7. The van der Waals surface area contributed by atoms with Crippen LogP contribution in [0.25, 0.3) is 5.69 Å². The minimum absolute atomic E-state index is 0.208. The molecule has 0 radical (unpaired) electrons. The van der Waals surface area contributed by atoms with Crippen LogP contribution in [-0.4, -0.2) is 41.2 Å². The summed E-state index contributed by atoms with van der Waals surface area (Å²) < 4.78 is 24.8. The van der Waals surface area contributed by atoms with Gasteiger partial charge in [0.1, 0.15) is 35.4 Å². The summed E-state index contributed by atoms with van der Waals surface area (Å²) in [7, 11) is 3.31. The predicted molar refractivity (Wildman–Crippen MR) is 110 cm³/mol. The second-order valence-corrected chi connectivity index (χ2v) is 7.65. The lowest BCUT2D eigenvalue weighted by atomic mass is 9.88. The Morgan fingerprint density at radius 1 is 1.03 bits per heavy atom. The van der Waals surface area contributed by atoms with Gasteiger partial charge in [0.2, 0.25) is 0 Å². The second kappa shape index (κ2) is 7.99. The topological polar surface area (TPSA) is 67.6 Å². The normalized spacial score (nSPS) is 22.3. The number of nitrogens with zero attached hydrogens (tertiary/aromatic N) is 3. The van der Waals surface area contributed by atoms with Gasteiger partial charge in [-0.25, -0.2) is 9.67 Å². The summed E-state index contributed by atoms with van der Waals surface area (Å²) in [5.74, 6) is 3.99. The SMILES string of the molecule is COc1cccc(OCc2nc([C@H]3C[C@@H]4CC[C@H]3O4)n(-c3ccccc3OC)n2)c1. The fourth-order valence-electron chi connectivity index (χ4n) is 4.40. The first kappa shape index (κ1) is 18.9. The molecular formula is C23H25N3O4. The van der Waals surface area contributed by atoms with Gasteiger partial charge in [-0.3, -0.25) is 0 Å². The summed E-state index contributed by atoms with van der Waals surface area (Å²) in [4.78, 5) is 4.88. The Kier molecular flexibility index (Phi) is 5.04. The number of hydrogen-bond donors (Lipinski definition) is 0. The monoisotopic (exact) mass is 407 g/mol. The molecule has 3 heterocycles. The molecular weight excluding hydrogens is 382 g/mol. The maximum Gasteiger partial charge on any atom is 0.188 e. The molecule has 5 rings (SSSR count). The molecule has 0 amide bonds. The van der Waals surface area contributed by atoms with E-state index in [0.717, 1.165) is 42.3 Å². The van der Waals surface area contributed by atoms with E-state index in [1.165, 1.54) is 0 Å². The van der Waals surface area contributed by atoms with Crippen LogP contribution in [0, 0.1) is 0 Å². The van der Waals surface area contributed by atoms with Crippen molar-refractivity contribution < 1.29 is 18.9 Å². The lowest BCUT2D eigenvalue weighted by molar-refractivity contribution is 0.0996. The van der Waals surface area contributed by atoms with Gasteiger partial charge in [0.05, 0.1) is 26.4 Å². The molecule has 30 heavy (non-hydrogen) atoms. The number of ether oxygens (including phenoxy) is 4. The van der Waals surface area contributed by atoms with Crippen LogP contribution in [0.3, 0.4) is 0 Å². The van der Waals surface area contributed by atoms with E-state index in [1.807, 2.05) is 53.2 Å². The molecule has 2 aromatic carbocycles. The van der Waals surface area contributed by atoms with E-state index >= 15 is 0 Å². The first-order valence-electron chi connectivity index (χ1n) is 10.3. The van der Waals surface area contributed by atoms with Crippen molar-refractivity contribution in [1.29, 1.82) is 0 Å². The maximum atomic E-state index is 6.09. The van der Waals surface area contributed by atoms with Crippen molar-refractivity contribution >= 4 is 0 Å². The summed E-state index contributed by atoms with van der Waals surface area (Å²) in [5, 5.41) is 4.79. The summed E-state index contributed by atoms with van der Waals surface area (Å²) in [6.07, 6.45) is 3.73. The van der Waals surface area contributed by atoms with Gasteiger partial charge < -0.3 is 18.9 Å². The van der Waals surface area contributed by atoms with Crippen LogP contribution in [0.15, 0.2) is 48.5 Å². The largest absolute Gasteiger partial charge is 0.497 e. The zero-order valence-electron chi connectivity index (χ0n) is 17.2. The molecule has 2 aliphatic rings. The third-order valence-corrected chi connectivity index (χ3v) is 5.84. The Morgan fingerprint density at radius 2 is 1.90 bits per heavy atom. The number of methoxy groups -OCH3 is 2. The summed E-state index contributed by atoms with van der Waals surface area (Å²) in [6.45, 7) is 0.268. The molecule has 3 aromatic rings. The van der Waals surface area contributed by atoms with Crippen LogP contribution in [0.4, 0.5) is 0 Å². The smallest absolute Gasteiger partial charge is 0.188 e. The molecule has 0 N–H and O–H groups in total. The Balaban J connectivity index is 1.47. The molecule has 7 heteroatoms. The highest BCUT2D eigenvalue weighted by Crippen LogP contribution is 2.44. The average molecular weight is 407 g/mol.